The molecule has 7 nitrogen and oxygen atoms in total. The molecule has 1 aliphatic heterocycles. The van der Waals surface area contributed by atoms with E-state index in [1.165, 1.54) is 10.4 Å². The van der Waals surface area contributed by atoms with Crippen molar-refractivity contribution in [2.45, 2.75) is 52.2 Å². The van der Waals surface area contributed by atoms with Crippen LogP contribution in [0.4, 0.5) is 5.82 Å². The van der Waals surface area contributed by atoms with E-state index in [4.69, 9.17) is 4.74 Å². The summed E-state index contributed by atoms with van der Waals surface area (Å²) in [7, 11) is 1.77. The number of nitrogens with zero attached hydrogens (tertiary/aromatic N) is 5. The van der Waals surface area contributed by atoms with E-state index in [9.17, 15) is 0 Å². The fourth-order valence-corrected chi connectivity index (χ4v) is 3.82. The maximum Gasteiger partial charge on any atom is 0.204 e. The molecule has 0 bridgehead atoms. The number of fused-ring (bicyclic) bond motifs is 1. The molecule has 1 atom stereocenters. The molecule has 1 N–H and O–H groups in total. The van der Waals surface area contributed by atoms with Crippen molar-refractivity contribution in [1.82, 2.24) is 25.2 Å². The van der Waals surface area contributed by atoms with Gasteiger partial charge in [-0.15, -0.1) is 10.2 Å². The lowest BCUT2D eigenvalue weighted by molar-refractivity contribution is 0.0920. The first-order valence-electron chi connectivity index (χ1n) is 9.76. The second kappa shape index (κ2) is 7.22. The van der Waals surface area contributed by atoms with Gasteiger partial charge in [-0.05, 0) is 54.8 Å². The molecule has 0 aliphatic carbocycles. The zero-order chi connectivity index (χ0) is 19.7. The van der Waals surface area contributed by atoms with E-state index in [0.29, 0.717) is 5.82 Å². The minimum atomic E-state index is -0.464. The molecule has 0 radical (unpaired) electrons. The first-order chi connectivity index (χ1) is 13.5. The molecular formula is C21H26N6O. The third-order valence-corrected chi connectivity index (χ3v) is 5.17. The molecule has 0 amide bonds. The number of ether oxygens (including phenoxy) is 1. The van der Waals surface area contributed by atoms with Crippen molar-refractivity contribution in [2.75, 3.05) is 5.32 Å². The first-order valence-corrected chi connectivity index (χ1v) is 9.76. The number of pyridine rings is 1. The summed E-state index contributed by atoms with van der Waals surface area (Å²) in [6.07, 6.45) is 5.75. The Morgan fingerprint density at radius 3 is 2.68 bits per heavy atom. The Morgan fingerprint density at radius 1 is 1.25 bits per heavy atom. The van der Waals surface area contributed by atoms with Gasteiger partial charge in [-0.25, -0.2) is 4.98 Å². The Morgan fingerprint density at radius 2 is 2.04 bits per heavy atom. The Balaban J connectivity index is 1.66. The van der Waals surface area contributed by atoms with Crippen LogP contribution in [0, 0.1) is 13.8 Å². The number of nitrogens with one attached hydrogen (secondary N) is 1. The van der Waals surface area contributed by atoms with E-state index in [-0.39, 0.29) is 0 Å². The van der Waals surface area contributed by atoms with Gasteiger partial charge in [0.05, 0.1) is 7.05 Å². The molecule has 2 aromatic heterocycles. The van der Waals surface area contributed by atoms with Gasteiger partial charge < -0.3 is 10.1 Å². The van der Waals surface area contributed by atoms with E-state index < -0.39 is 5.72 Å². The average Bonchev–Trinajstić information content (AvgIpc) is 3.26. The van der Waals surface area contributed by atoms with Crippen molar-refractivity contribution in [2.24, 2.45) is 7.05 Å². The highest BCUT2D eigenvalue weighted by Gasteiger charge is 2.39. The molecule has 146 valence electrons. The number of aryl methyl sites for hydroxylation is 3. The van der Waals surface area contributed by atoms with Gasteiger partial charge in [0.1, 0.15) is 11.6 Å². The summed E-state index contributed by atoms with van der Waals surface area (Å²) in [5, 5.41) is 15.9. The summed E-state index contributed by atoms with van der Waals surface area (Å²) in [5.41, 5.74) is 3.80. The summed E-state index contributed by atoms with van der Waals surface area (Å²) in [4.78, 5) is 5.96. The van der Waals surface area contributed by atoms with E-state index in [1.807, 2.05) is 12.3 Å². The largest absolute Gasteiger partial charge is 0.467 e. The maximum atomic E-state index is 6.69. The van der Waals surface area contributed by atoms with Gasteiger partial charge in [0.2, 0.25) is 5.82 Å². The quantitative estimate of drug-likeness (QED) is 0.702. The Hall–Kier alpha value is -2.96. The lowest BCUT2D eigenvalue weighted by Gasteiger charge is -2.32. The van der Waals surface area contributed by atoms with Crippen molar-refractivity contribution in [3.63, 3.8) is 0 Å². The van der Waals surface area contributed by atoms with Crippen LogP contribution in [0.2, 0.25) is 0 Å². The lowest BCUT2D eigenvalue weighted by atomic mass is 10.00. The fraction of sp³-hybridized carbons (Fsp3) is 0.429. The van der Waals surface area contributed by atoms with Gasteiger partial charge in [0.25, 0.3) is 0 Å². The smallest absolute Gasteiger partial charge is 0.204 e. The SMILES string of the molecule is CCCCC1(Oc2c(C)cc(-c3nnn(C)n3)cc2C)Cc2cccnc2N1. The highest BCUT2D eigenvalue weighted by Crippen LogP contribution is 2.39. The van der Waals surface area contributed by atoms with Crippen molar-refractivity contribution < 1.29 is 4.74 Å². The number of tetrazole rings is 1. The van der Waals surface area contributed by atoms with E-state index in [0.717, 1.165) is 53.9 Å². The normalized spacial score (nSPS) is 18.0. The lowest BCUT2D eigenvalue weighted by Crippen LogP contribution is -2.43. The molecule has 0 saturated heterocycles. The molecule has 0 fully saturated rings. The predicted octanol–water partition coefficient (Wildman–Crippen LogP) is 3.82. The van der Waals surface area contributed by atoms with Crippen molar-refractivity contribution in [3.8, 4) is 17.1 Å². The number of hydrogen-bond acceptors (Lipinski definition) is 6. The Kier molecular flexibility index (Phi) is 4.75. The molecule has 1 aromatic carbocycles. The molecule has 1 aliphatic rings. The number of unbranched alkanes of at least 4 members (excludes halogenated alkanes) is 1. The fourth-order valence-electron chi connectivity index (χ4n) is 3.82. The van der Waals surface area contributed by atoms with Gasteiger partial charge in [-0.3, -0.25) is 0 Å². The average molecular weight is 378 g/mol. The Labute approximate surface area is 165 Å². The number of benzene rings is 1. The summed E-state index contributed by atoms with van der Waals surface area (Å²) in [6, 6.07) is 8.23. The highest BCUT2D eigenvalue weighted by atomic mass is 16.5. The second-order valence-corrected chi connectivity index (χ2v) is 7.55. The summed E-state index contributed by atoms with van der Waals surface area (Å²) < 4.78 is 6.69. The topological polar surface area (TPSA) is 77.8 Å². The van der Waals surface area contributed by atoms with Crippen LogP contribution in [0.1, 0.15) is 42.9 Å². The molecular weight excluding hydrogens is 352 g/mol. The van der Waals surface area contributed by atoms with Crippen LogP contribution in [0.5, 0.6) is 5.75 Å². The molecule has 7 heteroatoms. The third kappa shape index (κ3) is 3.44. The monoisotopic (exact) mass is 378 g/mol. The maximum absolute atomic E-state index is 6.69. The van der Waals surface area contributed by atoms with Gasteiger partial charge in [0.15, 0.2) is 5.72 Å². The van der Waals surface area contributed by atoms with Crippen LogP contribution in [-0.2, 0) is 13.5 Å². The van der Waals surface area contributed by atoms with Crippen LogP contribution in [0.25, 0.3) is 11.4 Å². The van der Waals surface area contributed by atoms with Gasteiger partial charge >= 0.3 is 0 Å². The predicted molar refractivity (Wildman–Crippen MR) is 108 cm³/mol. The minimum Gasteiger partial charge on any atom is -0.467 e. The number of hydrogen-bond donors (Lipinski definition) is 1. The van der Waals surface area contributed by atoms with Crippen LogP contribution < -0.4 is 10.1 Å². The second-order valence-electron chi connectivity index (χ2n) is 7.55. The molecule has 0 spiro atoms. The van der Waals surface area contributed by atoms with E-state index in [1.54, 1.807) is 7.05 Å². The Bertz CT molecular complexity index is 948. The first kappa shape index (κ1) is 18.4. The van der Waals surface area contributed by atoms with Crippen LogP contribution >= 0.6 is 0 Å². The van der Waals surface area contributed by atoms with Crippen molar-refractivity contribution in [1.29, 1.82) is 0 Å². The third-order valence-electron chi connectivity index (χ3n) is 5.17. The molecule has 0 saturated carbocycles. The van der Waals surface area contributed by atoms with Gasteiger partial charge in [0, 0.05) is 30.2 Å². The summed E-state index contributed by atoms with van der Waals surface area (Å²) in [5.74, 6) is 2.45. The van der Waals surface area contributed by atoms with Crippen LogP contribution in [0.3, 0.4) is 0 Å². The number of rotatable bonds is 6. The molecule has 28 heavy (non-hydrogen) atoms. The van der Waals surface area contributed by atoms with E-state index >= 15 is 0 Å². The molecule has 3 heterocycles. The van der Waals surface area contributed by atoms with Gasteiger partial charge in [-0.1, -0.05) is 19.4 Å². The number of anilines is 1. The summed E-state index contributed by atoms with van der Waals surface area (Å²) in [6.45, 7) is 6.33. The minimum absolute atomic E-state index is 0.464. The molecule has 4 rings (SSSR count). The summed E-state index contributed by atoms with van der Waals surface area (Å²) >= 11 is 0. The highest BCUT2D eigenvalue weighted by molar-refractivity contribution is 5.61. The van der Waals surface area contributed by atoms with Crippen LogP contribution in [0.15, 0.2) is 30.5 Å². The number of aromatic nitrogens is 5. The van der Waals surface area contributed by atoms with E-state index in [2.05, 4.69) is 64.7 Å². The van der Waals surface area contributed by atoms with Gasteiger partial charge in [-0.2, -0.15) is 4.80 Å². The molecule has 3 aromatic rings. The standard InChI is InChI=1S/C21H26N6O/c1-5-6-9-21(13-16-8-7-10-22-19(16)23-21)28-18-14(2)11-17(12-15(18)3)20-24-26-27(4)25-20/h7-8,10-12H,5-6,9,13H2,1-4H3,(H,22,23). The van der Waals surface area contributed by atoms with Crippen molar-refractivity contribution in [3.05, 3.63) is 47.2 Å². The molecule has 1 unspecified atom stereocenters. The van der Waals surface area contributed by atoms with Crippen molar-refractivity contribution >= 4 is 5.82 Å². The zero-order valence-corrected chi connectivity index (χ0v) is 16.9. The zero-order valence-electron chi connectivity index (χ0n) is 16.9. The van der Waals surface area contributed by atoms with Crippen LogP contribution in [-0.4, -0.2) is 30.9 Å².